The summed E-state index contributed by atoms with van der Waals surface area (Å²) >= 11 is 0. The highest BCUT2D eigenvalue weighted by Gasteiger charge is 2.50. The fourth-order valence-corrected chi connectivity index (χ4v) is 18.6. The minimum absolute atomic E-state index is 0.0405. The van der Waals surface area contributed by atoms with Crippen LogP contribution >= 0.6 is 0 Å². The van der Waals surface area contributed by atoms with E-state index in [-0.39, 0.29) is 11.1 Å². The fourth-order valence-electron chi connectivity index (χ4n) is 8.53. The molecule has 3 nitrogen and oxygen atoms in total. The summed E-state index contributed by atoms with van der Waals surface area (Å²) in [6, 6.07) is 29.5. The highest BCUT2D eigenvalue weighted by atomic mass is 28.4. The standard InChI is InChI=1S/C43H74O3Si3/c1-10-47(11-2,12-3)44-37-35-41-38(33-34-42(41)46-48(13-4,14-5)15-6)28-22-18-16-17-19-27-36-45-49(43(7,8)9,39-29-23-20-24-30-39)40-31-25-21-26-32-40/h20-21,23-26,29-34,38,41-42H,10-19,22,27-28,35-37H2,1-9H3/t38-,41-,42-/m1/s1. The molecule has 0 radical (unpaired) electrons. The van der Waals surface area contributed by atoms with Gasteiger partial charge in [0, 0.05) is 13.2 Å². The number of unbranched alkanes of at least 4 members (excludes halogenated alkanes) is 5. The van der Waals surface area contributed by atoms with Gasteiger partial charge in [-0.3, -0.25) is 0 Å². The van der Waals surface area contributed by atoms with Crippen molar-refractivity contribution in [3.8, 4) is 0 Å². The predicted molar refractivity (Wildman–Crippen MR) is 222 cm³/mol. The highest BCUT2D eigenvalue weighted by molar-refractivity contribution is 6.99. The van der Waals surface area contributed by atoms with Crippen LogP contribution in [0, 0.1) is 11.8 Å². The van der Waals surface area contributed by atoms with Crippen molar-refractivity contribution in [1.82, 2.24) is 0 Å². The van der Waals surface area contributed by atoms with Crippen LogP contribution in [0.3, 0.4) is 0 Å². The molecule has 1 aliphatic rings. The lowest BCUT2D eigenvalue weighted by Gasteiger charge is -2.43. The molecule has 0 unspecified atom stereocenters. The molecule has 1 aliphatic carbocycles. The van der Waals surface area contributed by atoms with E-state index in [1.807, 2.05) is 0 Å². The summed E-state index contributed by atoms with van der Waals surface area (Å²) in [4.78, 5) is 0. The largest absolute Gasteiger partial charge is 0.417 e. The van der Waals surface area contributed by atoms with Gasteiger partial charge in [-0.2, -0.15) is 0 Å². The van der Waals surface area contributed by atoms with Gasteiger partial charge in [-0.15, -0.1) is 0 Å². The summed E-state index contributed by atoms with van der Waals surface area (Å²) in [5.74, 6) is 1.21. The number of rotatable bonds is 24. The lowest BCUT2D eigenvalue weighted by atomic mass is 9.87. The van der Waals surface area contributed by atoms with Gasteiger partial charge in [-0.1, -0.05) is 167 Å². The molecule has 49 heavy (non-hydrogen) atoms. The van der Waals surface area contributed by atoms with Crippen molar-refractivity contribution in [3.63, 3.8) is 0 Å². The first kappa shape index (κ1) is 42.1. The quantitative estimate of drug-likeness (QED) is 0.0613. The Balaban J connectivity index is 1.51. The first-order chi connectivity index (χ1) is 23.6. The highest BCUT2D eigenvalue weighted by Crippen LogP contribution is 2.39. The Morgan fingerprint density at radius 1 is 0.531 bits per heavy atom. The number of benzene rings is 2. The van der Waals surface area contributed by atoms with Crippen molar-refractivity contribution in [3.05, 3.63) is 72.8 Å². The van der Waals surface area contributed by atoms with Crippen LogP contribution in [0.25, 0.3) is 0 Å². The van der Waals surface area contributed by atoms with E-state index in [1.165, 1.54) is 85.2 Å². The third-order valence-electron chi connectivity index (χ3n) is 12.3. The van der Waals surface area contributed by atoms with E-state index < -0.39 is 25.0 Å². The van der Waals surface area contributed by atoms with Gasteiger partial charge in [0.05, 0.1) is 6.10 Å². The molecule has 0 bridgehead atoms. The van der Waals surface area contributed by atoms with Crippen molar-refractivity contribution < 1.29 is 13.3 Å². The van der Waals surface area contributed by atoms with E-state index in [4.69, 9.17) is 13.3 Å². The third kappa shape index (κ3) is 11.1. The summed E-state index contributed by atoms with van der Waals surface area (Å²) in [6.07, 6.45) is 15.3. The maximum atomic E-state index is 7.13. The van der Waals surface area contributed by atoms with Crippen LogP contribution in [0.5, 0.6) is 0 Å². The maximum absolute atomic E-state index is 7.13. The van der Waals surface area contributed by atoms with E-state index in [2.05, 4.69) is 135 Å². The lowest BCUT2D eigenvalue weighted by molar-refractivity contribution is 0.124. The summed E-state index contributed by atoms with van der Waals surface area (Å²) < 4.78 is 21.0. The average molecular weight is 723 g/mol. The molecule has 0 saturated carbocycles. The van der Waals surface area contributed by atoms with Gasteiger partial charge in [-0.05, 0) is 82.8 Å². The van der Waals surface area contributed by atoms with Crippen LogP contribution in [-0.4, -0.2) is 44.3 Å². The minimum Gasteiger partial charge on any atom is -0.417 e. The number of hydrogen-bond donors (Lipinski definition) is 0. The molecule has 2 aromatic carbocycles. The van der Waals surface area contributed by atoms with Gasteiger partial charge in [0.15, 0.2) is 16.6 Å². The summed E-state index contributed by atoms with van der Waals surface area (Å²) in [6.45, 7) is 23.0. The van der Waals surface area contributed by atoms with E-state index >= 15 is 0 Å². The van der Waals surface area contributed by atoms with Crippen LogP contribution in [0.4, 0.5) is 0 Å². The molecule has 0 N–H and O–H groups in total. The second kappa shape index (κ2) is 20.7. The molecular formula is C43H74O3Si3. The molecular weight excluding hydrogens is 649 g/mol. The second-order valence-electron chi connectivity index (χ2n) is 15.8. The third-order valence-corrected chi connectivity index (χ3v) is 26.7. The molecule has 0 saturated heterocycles. The molecule has 0 amide bonds. The van der Waals surface area contributed by atoms with E-state index in [1.54, 1.807) is 0 Å². The lowest BCUT2D eigenvalue weighted by Crippen LogP contribution is -2.66. The molecule has 3 atom stereocenters. The molecule has 2 aromatic rings. The first-order valence-corrected chi connectivity index (χ1v) is 27.3. The SMILES string of the molecule is CC[Si](CC)(CC)OCC[C@@H]1[C@H](CCCCCCCCO[Si](c2ccccc2)(c2ccccc2)C(C)(C)C)C=C[C@H]1O[Si](CC)(CC)CC. The van der Waals surface area contributed by atoms with Crippen molar-refractivity contribution in [2.75, 3.05) is 13.2 Å². The molecule has 0 fully saturated rings. The zero-order valence-corrected chi connectivity index (χ0v) is 36.2. The molecule has 276 valence electrons. The van der Waals surface area contributed by atoms with Crippen molar-refractivity contribution in [2.24, 2.45) is 11.8 Å². The fraction of sp³-hybridized carbons (Fsp3) is 0.674. The summed E-state index contributed by atoms with van der Waals surface area (Å²) in [5, 5.41) is 2.79. The summed E-state index contributed by atoms with van der Waals surface area (Å²) in [7, 11) is -5.66. The average Bonchev–Trinajstić information content (AvgIpc) is 3.50. The van der Waals surface area contributed by atoms with Gasteiger partial charge >= 0.3 is 0 Å². The molecule has 6 heteroatoms. The monoisotopic (exact) mass is 722 g/mol. The Hall–Kier alpha value is -1.29. The zero-order chi connectivity index (χ0) is 35.8. The zero-order valence-electron chi connectivity index (χ0n) is 33.2. The van der Waals surface area contributed by atoms with Gasteiger partial charge in [0.2, 0.25) is 0 Å². The molecule has 0 heterocycles. The number of allylic oxidation sites excluding steroid dienone is 1. The minimum atomic E-state index is -2.43. The van der Waals surface area contributed by atoms with Gasteiger partial charge < -0.3 is 13.3 Å². The smallest absolute Gasteiger partial charge is 0.261 e. The van der Waals surface area contributed by atoms with Crippen LogP contribution in [0.1, 0.15) is 114 Å². The maximum Gasteiger partial charge on any atom is 0.261 e. The second-order valence-corrected chi connectivity index (χ2v) is 29.6. The molecule has 0 aliphatic heterocycles. The van der Waals surface area contributed by atoms with Crippen molar-refractivity contribution >= 4 is 35.3 Å². The molecule has 3 rings (SSSR count). The van der Waals surface area contributed by atoms with E-state index in [0.717, 1.165) is 26.1 Å². The van der Waals surface area contributed by atoms with Crippen LogP contribution in [0.2, 0.25) is 41.3 Å². The topological polar surface area (TPSA) is 27.7 Å². The van der Waals surface area contributed by atoms with Crippen LogP contribution < -0.4 is 10.4 Å². The predicted octanol–water partition coefficient (Wildman–Crippen LogP) is 11.9. The summed E-state index contributed by atoms with van der Waals surface area (Å²) in [5.41, 5.74) is 0. The Labute approximate surface area is 306 Å². The van der Waals surface area contributed by atoms with Crippen molar-refractivity contribution in [1.29, 1.82) is 0 Å². The van der Waals surface area contributed by atoms with Gasteiger partial charge in [0.25, 0.3) is 8.32 Å². The van der Waals surface area contributed by atoms with Gasteiger partial charge in [0.1, 0.15) is 0 Å². The van der Waals surface area contributed by atoms with Crippen LogP contribution in [-0.2, 0) is 13.3 Å². The van der Waals surface area contributed by atoms with E-state index in [0.29, 0.717) is 11.8 Å². The Kier molecular flexibility index (Phi) is 17.8. The Morgan fingerprint density at radius 3 is 1.51 bits per heavy atom. The van der Waals surface area contributed by atoms with E-state index in [9.17, 15) is 0 Å². The Bertz CT molecular complexity index is 1130. The first-order valence-electron chi connectivity index (χ1n) is 20.3. The van der Waals surface area contributed by atoms with Crippen LogP contribution in [0.15, 0.2) is 72.8 Å². The number of hydrogen-bond acceptors (Lipinski definition) is 3. The molecule has 0 spiro atoms. The van der Waals surface area contributed by atoms with Gasteiger partial charge in [-0.25, -0.2) is 0 Å². The normalized spacial score (nSPS) is 18.8. The van der Waals surface area contributed by atoms with Crippen molar-refractivity contribution in [2.45, 2.75) is 161 Å². The Morgan fingerprint density at radius 2 is 1.02 bits per heavy atom. The molecule has 0 aromatic heterocycles.